The van der Waals surface area contributed by atoms with Gasteiger partial charge in [0.1, 0.15) is 6.61 Å². The van der Waals surface area contributed by atoms with Gasteiger partial charge in [0.15, 0.2) is 5.16 Å². The first-order valence-corrected chi connectivity index (χ1v) is 7.83. The van der Waals surface area contributed by atoms with E-state index < -0.39 is 0 Å². The molecule has 120 valence electrons. The number of hydrogen-bond donors (Lipinski definition) is 2. The van der Waals surface area contributed by atoms with Crippen LogP contribution in [-0.4, -0.2) is 38.9 Å². The van der Waals surface area contributed by atoms with E-state index in [0.717, 1.165) is 16.6 Å². The summed E-state index contributed by atoms with van der Waals surface area (Å²) in [6, 6.07) is 6.02. The molecule has 2 heterocycles. The lowest BCUT2D eigenvalue weighted by Gasteiger charge is -1.98. The minimum Gasteiger partial charge on any atom is -0.405 e. The van der Waals surface area contributed by atoms with Crippen LogP contribution >= 0.6 is 11.8 Å². The van der Waals surface area contributed by atoms with Gasteiger partial charge < -0.3 is 14.1 Å². The lowest BCUT2D eigenvalue weighted by molar-refractivity contribution is -0.113. The first-order valence-electron chi connectivity index (χ1n) is 6.84. The number of thioether (sulfide) groups is 1. The molecule has 3 aromatic rings. The summed E-state index contributed by atoms with van der Waals surface area (Å²) < 4.78 is 10.1. The molecule has 0 saturated heterocycles. The maximum absolute atomic E-state index is 11.9. The van der Waals surface area contributed by atoms with Crippen molar-refractivity contribution in [3.8, 4) is 0 Å². The average molecular weight is 333 g/mol. The number of H-pyrrole nitrogens is 1. The molecule has 0 unspecified atom stereocenters. The van der Waals surface area contributed by atoms with Gasteiger partial charge in [-0.1, -0.05) is 22.9 Å². The molecule has 1 aromatic carbocycles. The number of hydrogen-bond acceptors (Lipinski definition) is 7. The largest absolute Gasteiger partial charge is 0.405 e. The van der Waals surface area contributed by atoms with Crippen LogP contribution in [-0.2, 0) is 16.1 Å². The Balaban J connectivity index is 1.56. The quantitative estimate of drug-likeness (QED) is 0.666. The number of fused-ring (bicyclic) bond motifs is 1. The van der Waals surface area contributed by atoms with Crippen molar-refractivity contribution >= 4 is 34.7 Å². The Labute approximate surface area is 136 Å². The minimum absolute atomic E-state index is 0.0582. The van der Waals surface area contributed by atoms with Gasteiger partial charge in [-0.15, -0.1) is 5.10 Å². The summed E-state index contributed by atoms with van der Waals surface area (Å²) in [5, 5.41) is 10.7. The Bertz CT molecular complexity index is 829. The van der Waals surface area contributed by atoms with Crippen LogP contribution in [0.2, 0.25) is 0 Å². The molecule has 0 spiro atoms. The second kappa shape index (κ2) is 6.80. The Kier molecular flexibility index (Phi) is 4.58. The number of imidazole rings is 1. The fourth-order valence-electron chi connectivity index (χ4n) is 1.94. The predicted octanol–water partition coefficient (Wildman–Crippen LogP) is 2.13. The van der Waals surface area contributed by atoms with Crippen molar-refractivity contribution in [1.29, 1.82) is 0 Å². The van der Waals surface area contributed by atoms with Gasteiger partial charge in [-0.25, -0.2) is 4.98 Å². The third kappa shape index (κ3) is 3.88. The van der Waals surface area contributed by atoms with Gasteiger partial charge in [-0.3, -0.25) is 10.1 Å². The predicted molar refractivity (Wildman–Crippen MR) is 85.2 cm³/mol. The van der Waals surface area contributed by atoms with Crippen molar-refractivity contribution in [3.63, 3.8) is 0 Å². The lowest BCUT2D eigenvalue weighted by atomic mass is 10.2. The molecule has 23 heavy (non-hydrogen) atoms. The number of carbonyl (C=O) groups is 1. The number of nitrogens with zero attached hydrogens (tertiary/aromatic N) is 3. The van der Waals surface area contributed by atoms with Crippen molar-refractivity contribution in [2.75, 3.05) is 18.2 Å². The number of amides is 1. The summed E-state index contributed by atoms with van der Waals surface area (Å²) in [5.74, 6) is 0.239. The molecule has 0 aliphatic heterocycles. The highest BCUT2D eigenvalue weighted by Gasteiger charge is 2.11. The van der Waals surface area contributed by atoms with Crippen LogP contribution in [0.1, 0.15) is 11.5 Å². The van der Waals surface area contributed by atoms with Crippen molar-refractivity contribution in [1.82, 2.24) is 20.2 Å². The zero-order valence-electron chi connectivity index (χ0n) is 12.6. The zero-order valence-corrected chi connectivity index (χ0v) is 13.4. The maximum atomic E-state index is 11.9. The second-order valence-electron chi connectivity index (χ2n) is 4.83. The number of aryl methyl sites for hydroxylation is 1. The van der Waals surface area contributed by atoms with Gasteiger partial charge in [-0.05, 0) is 24.6 Å². The third-order valence-electron chi connectivity index (χ3n) is 2.94. The van der Waals surface area contributed by atoms with E-state index in [1.54, 1.807) is 0 Å². The van der Waals surface area contributed by atoms with E-state index in [0.29, 0.717) is 11.0 Å². The molecule has 9 heteroatoms. The highest BCUT2D eigenvalue weighted by molar-refractivity contribution is 7.99. The van der Waals surface area contributed by atoms with E-state index >= 15 is 0 Å². The Morgan fingerprint density at radius 1 is 1.43 bits per heavy atom. The Morgan fingerprint density at radius 2 is 2.30 bits per heavy atom. The van der Waals surface area contributed by atoms with E-state index in [2.05, 4.69) is 25.5 Å². The minimum atomic E-state index is -0.251. The number of anilines is 1. The van der Waals surface area contributed by atoms with E-state index in [-0.39, 0.29) is 24.3 Å². The summed E-state index contributed by atoms with van der Waals surface area (Å²) in [7, 11) is 1.52. The lowest BCUT2D eigenvalue weighted by Crippen LogP contribution is -2.14. The zero-order chi connectivity index (χ0) is 16.2. The van der Waals surface area contributed by atoms with Crippen molar-refractivity contribution in [2.24, 2.45) is 0 Å². The van der Waals surface area contributed by atoms with Crippen LogP contribution in [0.25, 0.3) is 11.0 Å². The summed E-state index contributed by atoms with van der Waals surface area (Å²) >= 11 is 1.30. The molecular formula is C14H15N5O3S. The van der Waals surface area contributed by atoms with Crippen LogP contribution in [0.3, 0.4) is 0 Å². The van der Waals surface area contributed by atoms with Gasteiger partial charge in [0.05, 0.1) is 16.8 Å². The molecule has 2 N–H and O–H groups in total. The molecule has 0 fully saturated rings. The molecule has 8 nitrogen and oxygen atoms in total. The van der Waals surface area contributed by atoms with Gasteiger partial charge in [0.2, 0.25) is 11.8 Å². The maximum Gasteiger partial charge on any atom is 0.322 e. The second-order valence-corrected chi connectivity index (χ2v) is 5.80. The average Bonchev–Trinajstić information content (AvgIpc) is 3.11. The molecule has 0 atom stereocenters. The number of aromatic nitrogens is 4. The van der Waals surface area contributed by atoms with Crippen LogP contribution in [0, 0.1) is 6.92 Å². The van der Waals surface area contributed by atoms with E-state index in [4.69, 9.17) is 9.15 Å². The monoisotopic (exact) mass is 333 g/mol. The first kappa shape index (κ1) is 15.5. The van der Waals surface area contributed by atoms with E-state index in [1.807, 2.05) is 25.1 Å². The standard InChI is InChI=1S/C14H15N5O3S/c1-8-3-4-9-10(5-8)16-14(15-9)23-7-11(20)17-13-19-18-12(22-13)6-21-2/h3-5H,6-7H2,1-2H3,(H,15,16)(H,17,19,20). The number of rotatable bonds is 6. The fourth-order valence-corrected chi connectivity index (χ4v) is 2.63. The molecule has 0 bridgehead atoms. The molecule has 0 aliphatic carbocycles. The Hall–Kier alpha value is -2.39. The summed E-state index contributed by atoms with van der Waals surface area (Å²) in [4.78, 5) is 19.5. The van der Waals surface area contributed by atoms with Crippen molar-refractivity contribution in [3.05, 3.63) is 29.7 Å². The number of aromatic amines is 1. The SMILES string of the molecule is COCc1nnc(NC(=O)CSc2nc3ccc(C)cc3[nH]2)o1. The van der Waals surface area contributed by atoms with Gasteiger partial charge in [-0.2, -0.15) is 0 Å². The fraction of sp³-hybridized carbons (Fsp3) is 0.286. The van der Waals surface area contributed by atoms with Gasteiger partial charge in [0, 0.05) is 7.11 Å². The van der Waals surface area contributed by atoms with Crippen LogP contribution in [0.4, 0.5) is 6.01 Å². The van der Waals surface area contributed by atoms with Gasteiger partial charge >= 0.3 is 6.01 Å². The number of ether oxygens (including phenoxy) is 1. The smallest absolute Gasteiger partial charge is 0.322 e. The van der Waals surface area contributed by atoms with Crippen LogP contribution in [0.15, 0.2) is 27.8 Å². The molecule has 3 rings (SSSR count). The highest BCUT2D eigenvalue weighted by atomic mass is 32.2. The highest BCUT2D eigenvalue weighted by Crippen LogP contribution is 2.20. The third-order valence-corrected chi connectivity index (χ3v) is 3.81. The molecule has 1 amide bonds. The summed E-state index contributed by atoms with van der Waals surface area (Å²) in [6.45, 7) is 2.22. The molecule has 2 aromatic heterocycles. The summed E-state index contributed by atoms with van der Waals surface area (Å²) in [5.41, 5.74) is 2.98. The van der Waals surface area contributed by atoms with Crippen molar-refractivity contribution < 1.29 is 13.9 Å². The first-order chi connectivity index (χ1) is 11.1. The van der Waals surface area contributed by atoms with Crippen molar-refractivity contribution in [2.45, 2.75) is 18.7 Å². The topological polar surface area (TPSA) is 106 Å². The number of benzene rings is 1. The summed E-state index contributed by atoms with van der Waals surface area (Å²) in [6.07, 6.45) is 0. The van der Waals surface area contributed by atoms with Crippen LogP contribution in [0.5, 0.6) is 0 Å². The Morgan fingerprint density at radius 3 is 3.13 bits per heavy atom. The molecule has 0 saturated carbocycles. The number of nitrogens with one attached hydrogen (secondary N) is 2. The van der Waals surface area contributed by atoms with Crippen LogP contribution < -0.4 is 5.32 Å². The van der Waals surface area contributed by atoms with E-state index in [1.165, 1.54) is 18.9 Å². The number of carbonyl (C=O) groups excluding carboxylic acids is 1. The molecular weight excluding hydrogens is 318 g/mol. The van der Waals surface area contributed by atoms with E-state index in [9.17, 15) is 4.79 Å². The number of methoxy groups -OCH3 is 1. The molecule has 0 radical (unpaired) electrons. The van der Waals surface area contributed by atoms with Gasteiger partial charge in [0.25, 0.3) is 0 Å². The molecule has 0 aliphatic rings. The normalized spacial score (nSPS) is 11.0.